The van der Waals surface area contributed by atoms with E-state index < -0.39 is 28.8 Å². The molecule has 146 valence electrons. The highest BCUT2D eigenvalue weighted by Gasteiger charge is 2.30. The summed E-state index contributed by atoms with van der Waals surface area (Å²) in [5.41, 5.74) is -1.71. The maximum atomic E-state index is 13.0. The number of hydrogen-bond acceptors (Lipinski definition) is 5. The van der Waals surface area contributed by atoms with Crippen LogP contribution in [0.1, 0.15) is 21.7 Å². The molecule has 0 aliphatic rings. The van der Waals surface area contributed by atoms with Gasteiger partial charge < -0.3 is 4.74 Å². The minimum absolute atomic E-state index is 0.0426. The van der Waals surface area contributed by atoms with Crippen LogP contribution in [0.4, 0.5) is 13.2 Å². The van der Waals surface area contributed by atoms with Gasteiger partial charge in [0.15, 0.2) is 0 Å². The quantitative estimate of drug-likeness (QED) is 0.624. The molecule has 0 saturated carbocycles. The molecule has 0 saturated heterocycles. The van der Waals surface area contributed by atoms with E-state index in [1.807, 2.05) is 0 Å². The Morgan fingerprint density at radius 1 is 1.21 bits per heavy atom. The summed E-state index contributed by atoms with van der Waals surface area (Å²) in [5, 5.41) is 7.87. The molecule has 0 amide bonds. The summed E-state index contributed by atoms with van der Waals surface area (Å²) >= 11 is 0. The van der Waals surface area contributed by atoms with Crippen LogP contribution in [0.3, 0.4) is 0 Å². The number of halogens is 3. The highest BCUT2D eigenvalue weighted by atomic mass is 19.4. The van der Waals surface area contributed by atoms with E-state index in [1.165, 1.54) is 23.7 Å². The lowest BCUT2D eigenvalue weighted by atomic mass is 10.2. The number of aromatic nitrogens is 4. The molecule has 2 heterocycles. The van der Waals surface area contributed by atoms with Crippen LogP contribution in [0.25, 0.3) is 5.69 Å². The first-order chi connectivity index (χ1) is 13.3. The van der Waals surface area contributed by atoms with Crippen molar-refractivity contribution < 1.29 is 22.7 Å². The average molecular weight is 392 g/mol. The molecule has 0 aliphatic carbocycles. The van der Waals surface area contributed by atoms with E-state index in [4.69, 9.17) is 4.74 Å². The second-order valence-corrected chi connectivity index (χ2v) is 5.86. The molecule has 3 aromatic rings. The number of carbonyl (C=O) groups is 1. The third-order valence-electron chi connectivity index (χ3n) is 3.83. The van der Waals surface area contributed by atoms with Crippen molar-refractivity contribution in [2.75, 3.05) is 6.61 Å². The van der Waals surface area contributed by atoms with Crippen molar-refractivity contribution in [2.45, 2.75) is 19.6 Å². The number of ether oxygens (including phenoxy) is 1. The maximum absolute atomic E-state index is 13.0. The van der Waals surface area contributed by atoms with Crippen molar-refractivity contribution in [1.29, 1.82) is 0 Å². The van der Waals surface area contributed by atoms with Gasteiger partial charge in [0.1, 0.15) is 6.61 Å². The Bertz CT molecular complexity index is 1040. The largest absolute Gasteiger partial charge is 0.459 e. The molecule has 0 radical (unpaired) electrons. The maximum Gasteiger partial charge on any atom is 0.416 e. The fourth-order valence-electron chi connectivity index (χ4n) is 2.50. The van der Waals surface area contributed by atoms with Crippen LogP contribution in [0, 0.1) is 6.92 Å². The molecular formula is C18H15F3N4O3. The van der Waals surface area contributed by atoms with Crippen LogP contribution in [-0.4, -0.2) is 32.1 Å². The van der Waals surface area contributed by atoms with Gasteiger partial charge in [-0.25, -0.2) is 9.48 Å². The van der Waals surface area contributed by atoms with Gasteiger partial charge in [0.25, 0.3) is 0 Å². The number of nitrogens with zero attached hydrogens (tertiary/aromatic N) is 4. The summed E-state index contributed by atoms with van der Waals surface area (Å²) in [7, 11) is 0. The summed E-state index contributed by atoms with van der Waals surface area (Å²) in [4.78, 5) is 24.3. The summed E-state index contributed by atoms with van der Waals surface area (Å²) in [5.74, 6) is -0.960. The highest BCUT2D eigenvalue weighted by molar-refractivity contribution is 5.86. The average Bonchev–Trinajstić information content (AvgIpc) is 3.14. The van der Waals surface area contributed by atoms with E-state index in [0.717, 1.165) is 22.9 Å². The number of aryl methyl sites for hydroxylation is 1. The van der Waals surface area contributed by atoms with Gasteiger partial charge >= 0.3 is 12.1 Å². The SMILES string of the molecule is Cc1cc(=O)c(C(=O)OCCn2cccn2)nn1-c1cccc(C(F)(F)F)c1. The Morgan fingerprint density at radius 2 is 2.00 bits per heavy atom. The Kier molecular flexibility index (Phi) is 5.30. The molecule has 0 atom stereocenters. The van der Waals surface area contributed by atoms with Gasteiger partial charge in [-0.15, -0.1) is 0 Å². The van der Waals surface area contributed by atoms with Crippen molar-refractivity contribution in [3.05, 3.63) is 76.0 Å². The number of carbonyl (C=O) groups excluding carboxylic acids is 1. The number of alkyl halides is 3. The van der Waals surface area contributed by atoms with Crippen molar-refractivity contribution >= 4 is 5.97 Å². The first-order valence-electron chi connectivity index (χ1n) is 8.19. The van der Waals surface area contributed by atoms with Crippen LogP contribution in [0.2, 0.25) is 0 Å². The molecule has 1 aromatic carbocycles. The zero-order valence-electron chi connectivity index (χ0n) is 14.7. The molecule has 7 nitrogen and oxygen atoms in total. The van der Waals surface area contributed by atoms with E-state index >= 15 is 0 Å². The second kappa shape index (κ2) is 7.67. The van der Waals surface area contributed by atoms with Gasteiger partial charge in [0, 0.05) is 24.2 Å². The van der Waals surface area contributed by atoms with Gasteiger partial charge in [0.2, 0.25) is 11.1 Å². The fraction of sp³-hybridized carbons (Fsp3) is 0.222. The van der Waals surface area contributed by atoms with Gasteiger partial charge in [-0.2, -0.15) is 23.4 Å². The molecule has 0 fully saturated rings. The van der Waals surface area contributed by atoms with Crippen LogP contribution in [0.15, 0.2) is 53.6 Å². The normalized spacial score (nSPS) is 11.4. The molecule has 0 aliphatic heterocycles. The lowest BCUT2D eigenvalue weighted by Crippen LogP contribution is -2.25. The lowest BCUT2D eigenvalue weighted by Gasteiger charge is -2.13. The predicted octanol–water partition coefficient (Wildman–Crippen LogP) is 2.61. The second-order valence-electron chi connectivity index (χ2n) is 5.86. The standard InChI is InChI=1S/C18H15F3N4O3/c1-12-10-15(26)16(17(27)28-9-8-24-7-3-6-22-24)23-25(12)14-5-2-4-13(11-14)18(19,20)21/h2-7,10-11H,8-9H2,1H3. The third-order valence-corrected chi connectivity index (χ3v) is 3.83. The molecule has 0 spiro atoms. The van der Waals surface area contributed by atoms with E-state index in [1.54, 1.807) is 18.5 Å². The molecular weight excluding hydrogens is 377 g/mol. The van der Waals surface area contributed by atoms with Crippen LogP contribution in [-0.2, 0) is 17.5 Å². The summed E-state index contributed by atoms with van der Waals surface area (Å²) in [6, 6.07) is 7.25. The van der Waals surface area contributed by atoms with E-state index in [2.05, 4.69) is 10.2 Å². The van der Waals surface area contributed by atoms with Gasteiger partial charge in [-0.05, 0) is 31.2 Å². The first-order valence-corrected chi connectivity index (χ1v) is 8.19. The third kappa shape index (κ3) is 4.27. The zero-order valence-corrected chi connectivity index (χ0v) is 14.7. The minimum Gasteiger partial charge on any atom is -0.459 e. The number of benzene rings is 1. The summed E-state index contributed by atoms with van der Waals surface area (Å²) in [6.07, 6.45) is -1.28. The molecule has 2 aromatic heterocycles. The van der Waals surface area contributed by atoms with E-state index in [9.17, 15) is 22.8 Å². The molecule has 3 rings (SSSR count). The molecule has 0 N–H and O–H groups in total. The Hall–Kier alpha value is -3.43. The molecule has 28 heavy (non-hydrogen) atoms. The Balaban J connectivity index is 1.86. The number of rotatable bonds is 5. The molecule has 10 heteroatoms. The monoisotopic (exact) mass is 392 g/mol. The van der Waals surface area contributed by atoms with Gasteiger partial charge in [0.05, 0.1) is 17.8 Å². The number of esters is 1. The Labute approximate surface area is 157 Å². The van der Waals surface area contributed by atoms with Crippen LogP contribution < -0.4 is 5.43 Å². The molecule has 0 bridgehead atoms. The van der Waals surface area contributed by atoms with Crippen molar-refractivity contribution in [3.8, 4) is 5.69 Å². The fourth-order valence-corrected chi connectivity index (χ4v) is 2.50. The lowest BCUT2D eigenvalue weighted by molar-refractivity contribution is -0.137. The van der Waals surface area contributed by atoms with Crippen molar-refractivity contribution in [3.63, 3.8) is 0 Å². The minimum atomic E-state index is -4.53. The predicted molar refractivity (Wildman–Crippen MR) is 92.1 cm³/mol. The zero-order chi connectivity index (χ0) is 20.3. The van der Waals surface area contributed by atoms with Gasteiger partial charge in [-0.1, -0.05) is 6.07 Å². The van der Waals surface area contributed by atoms with Crippen molar-refractivity contribution in [1.82, 2.24) is 19.6 Å². The summed E-state index contributed by atoms with van der Waals surface area (Å²) < 4.78 is 46.5. The van der Waals surface area contributed by atoms with Crippen molar-refractivity contribution in [2.24, 2.45) is 0 Å². The van der Waals surface area contributed by atoms with E-state index in [0.29, 0.717) is 0 Å². The first kappa shape index (κ1) is 19.3. The van der Waals surface area contributed by atoms with Gasteiger partial charge in [-0.3, -0.25) is 9.48 Å². The number of hydrogen-bond donors (Lipinski definition) is 0. The topological polar surface area (TPSA) is 79.0 Å². The highest BCUT2D eigenvalue weighted by Crippen LogP contribution is 2.30. The van der Waals surface area contributed by atoms with E-state index in [-0.39, 0.29) is 24.5 Å². The van der Waals surface area contributed by atoms with Crippen LogP contribution >= 0.6 is 0 Å². The van der Waals surface area contributed by atoms with Crippen LogP contribution in [0.5, 0.6) is 0 Å². The molecule has 0 unspecified atom stereocenters. The summed E-state index contributed by atoms with van der Waals surface area (Å²) in [6.45, 7) is 1.74. The Morgan fingerprint density at radius 3 is 2.68 bits per heavy atom. The smallest absolute Gasteiger partial charge is 0.416 e.